The van der Waals surface area contributed by atoms with Crippen LogP contribution in [0.2, 0.25) is 0 Å². The van der Waals surface area contributed by atoms with Crippen molar-refractivity contribution in [1.29, 1.82) is 0 Å². The van der Waals surface area contributed by atoms with Crippen LogP contribution in [0.5, 0.6) is 5.75 Å². The maximum Gasteiger partial charge on any atom is 0.275 e. The Morgan fingerprint density at radius 1 is 1.19 bits per heavy atom. The quantitative estimate of drug-likeness (QED) is 0.528. The fourth-order valence-electron chi connectivity index (χ4n) is 2.73. The highest BCUT2D eigenvalue weighted by molar-refractivity contribution is 7.13. The Bertz CT molecular complexity index is 1030. The Balaban J connectivity index is 1.57. The van der Waals surface area contributed by atoms with Crippen molar-refractivity contribution >= 4 is 33.8 Å². The second-order valence-electron chi connectivity index (χ2n) is 5.69. The van der Waals surface area contributed by atoms with Crippen LogP contribution in [0.25, 0.3) is 21.6 Å². The number of benzene rings is 2. The molecular formula is C20H17N3O2S. The number of hydrogen-bond acceptors (Lipinski definition) is 4. The van der Waals surface area contributed by atoms with Crippen molar-refractivity contribution in [2.45, 2.75) is 6.92 Å². The summed E-state index contributed by atoms with van der Waals surface area (Å²) >= 11 is 1.44. The van der Waals surface area contributed by atoms with Crippen molar-refractivity contribution < 1.29 is 9.53 Å². The minimum Gasteiger partial charge on any atom is -0.492 e. The maximum atomic E-state index is 12.6. The smallest absolute Gasteiger partial charge is 0.275 e. The maximum absolute atomic E-state index is 12.6. The van der Waals surface area contributed by atoms with E-state index in [0.717, 1.165) is 21.6 Å². The first-order valence-electron chi connectivity index (χ1n) is 8.31. The lowest BCUT2D eigenvalue weighted by Gasteiger charge is -2.10. The van der Waals surface area contributed by atoms with Gasteiger partial charge in [-0.2, -0.15) is 0 Å². The number of nitrogens with zero attached hydrogens (tertiary/aromatic N) is 1. The van der Waals surface area contributed by atoms with Gasteiger partial charge in [0.1, 0.15) is 16.5 Å². The minimum atomic E-state index is -0.254. The Morgan fingerprint density at radius 3 is 2.85 bits per heavy atom. The van der Waals surface area contributed by atoms with Crippen molar-refractivity contribution in [3.05, 3.63) is 65.7 Å². The van der Waals surface area contributed by atoms with Crippen LogP contribution in [0.1, 0.15) is 17.4 Å². The van der Waals surface area contributed by atoms with Gasteiger partial charge in [-0.15, -0.1) is 11.3 Å². The van der Waals surface area contributed by atoms with Crippen LogP contribution < -0.4 is 10.1 Å². The number of para-hydroxylation sites is 3. The lowest BCUT2D eigenvalue weighted by Crippen LogP contribution is -2.13. The summed E-state index contributed by atoms with van der Waals surface area (Å²) in [6, 6.07) is 17.5. The molecule has 2 aromatic carbocycles. The second kappa shape index (κ2) is 7.01. The highest BCUT2D eigenvalue weighted by atomic mass is 32.1. The van der Waals surface area contributed by atoms with E-state index in [1.165, 1.54) is 11.3 Å². The summed E-state index contributed by atoms with van der Waals surface area (Å²) in [4.78, 5) is 20.4. The molecule has 0 atom stereocenters. The molecule has 0 bridgehead atoms. The summed E-state index contributed by atoms with van der Waals surface area (Å²) in [6.07, 6.45) is 0. The summed E-state index contributed by atoms with van der Waals surface area (Å²) in [5, 5.41) is 6.54. The van der Waals surface area contributed by atoms with Crippen LogP contribution in [0.15, 0.2) is 60.0 Å². The Labute approximate surface area is 154 Å². The molecule has 0 fully saturated rings. The average molecular weight is 363 g/mol. The van der Waals surface area contributed by atoms with Gasteiger partial charge in [-0.1, -0.05) is 30.3 Å². The number of fused-ring (bicyclic) bond motifs is 1. The fraction of sp³-hybridized carbons (Fsp3) is 0.100. The van der Waals surface area contributed by atoms with E-state index in [9.17, 15) is 4.79 Å². The molecule has 0 saturated heterocycles. The van der Waals surface area contributed by atoms with Gasteiger partial charge < -0.3 is 15.0 Å². The Hall–Kier alpha value is -3.12. The third-order valence-corrected chi connectivity index (χ3v) is 4.81. The third kappa shape index (κ3) is 3.19. The van der Waals surface area contributed by atoms with E-state index < -0.39 is 0 Å². The van der Waals surface area contributed by atoms with Crippen molar-refractivity contribution in [1.82, 2.24) is 9.97 Å². The van der Waals surface area contributed by atoms with Crippen LogP contribution in [-0.2, 0) is 0 Å². The van der Waals surface area contributed by atoms with E-state index in [1.54, 1.807) is 5.38 Å². The van der Waals surface area contributed by atoms with E-state index in [2.05, 4.69) is 15.3 Å². The van der Waals surface area contributed by atoms with E-state index >= 15 is 0 Å². The van der Waals surface area contributed by atoms with Crippen LogP contribution >= 0.6 is 11.3 Å². The summed E-state index contributed by atoms with van der Waals surface area (Å²) in [7, 11) is 0. The van der Waals surface area contributed by atoms with E-state index in [1.807, 2.05) is 61.5 Å². The summed E-state index contributed by atoms with van der Waals surface area (Å²) in [5.41, 5.74) is 2.98. The first kappa shape index (κ1) is 16.4. The first-order valence-corrected chi connectivity index (χ1v) is 9.19. The number of H-pyrrole nitrogens is 1. The number of aromatic amines is 1. The standard InChI is InChI=1S/C20H17N3O2S/c1-2-25-18-10-6-5-9-15(18)22-19(24)17-12-26-20(23-17)16-11-13-7-3-4-8-14(13)21-16/h3-12,21H,2H2,1H3,(H,22,24). The predicted molar refractivity (Wildman–Crippen MR) is 105 cm³/mol. The molecule has 0 saturated carbocycles. The number of carbonyl (C=O) groups is 1. The fourth-order valence-corrected chi connectivity index (χ4v) is 3.50. The van der Waals surface area contributed by atoms with Crippen molar-refractivity contribution in [2.24, 2.45) is 0 Å². The van der Waals surface area contributed by atoms with E-state index in [0.29, 0.717) is 23.7 Å². The first-order chi connectivity index (χ1) is 12.7. The van der Waals surface area contributed by atoms with E-state index in [-0.39, 0.29) is 5.91 Å². The lowest BCUT2D eigenvalue weighted by atomic mass is 10.2. The molecule has 0 spiro atoms. The van der Waals surface area contributed by atoms with Crippen molar-refractivity contribution in [3.63, 3.8) is 0 Å². The number of anilines is 1. The van der Waals surface area contributed by atoms with Crippen LogP contribution in [0, 0.1) is 0 Å². The average Bonchev–Trinajstić information content (AvgIpc) is 3.30. The largest absolute Gasteiger partial charge is 0.492 e. The highest BCUT2D eigenvalue weighted by Gasteiger charge is 2.15. The Morgan fingerprint density at radius 2 is 2.00 bits per heavy atom. The molecule has 0 aliphatic heterocycles. The predicted octanol–water partition coefficient (Wildman–Crippen LogP) is 4.94. The number of amides is 1. The zero-order valence-electron chi connectivity index (χ0n) is 14.2. The zero-order chi connectivity index (χ0) is 17.9. The van der Waals surface area contributed by atoms with Gasteiger partial charge in [0.25, 0.3) is 5.91 Å². The van der Waals surface area contributed by atoms with Gasteiger partial charge in [-0.25, -0.2) is 4.98 Å². The summed E-state index contributed by atoms with van der Waals surface area (Å²) in [5.74, 6) is 0.394. The van der Waals surface area contributed by atoms with Crippen LogP contribution in [-0.4, -0.2) is 22.5 Å². The number of nitrogens with one attached hydrogen (secondary N) is 2. The molecule has 0 aliphatic rings. The molecule has 2 aromatic heterocycles. The van der Waals surface area contributed by atoms with Gasteiger partial charge in [0, 0.05) is 16.3 Å². The molecule has 2 heterocycles. The minimum absolute atomic E-state index is 0.254. The van der Waals surface area contributed by atoms with Crippen LogP contribution in [0.3, 0.4) is 0 Å². The normalized spacial score (nSPS) is 10.8. The molecule has 130 valence electrons. The number of aromatic nitrogens is 2. The van der Waals surface area contributed by atoms with Gasteiger partial charge in [0.05, 0.1) is 18.0 Å². The van der Waals surface area contributed by atoms with Crippen molar-refractivity contribution in [2.75, 3.05) is 11.9 Å². The molecule has 1 amide bonds. The molecule has 0 radical (unpaired) electrons. The van der Waals surface area contributed by atoms with Gasteiger partial charge in [-0.05, 0) is 31.2 Å². The SMILES string of the molecule is CCOc1ccccc1NC(=O)c1csc(-c2cc3ccccc3[nH]2)n1. The van der Waals surface area contributed by atoms with Gasteiger partial charge >= 0.3 is 0 Å². The number of thiazole rings is 1. The van der Waals surface area contributed by atoms with Crippen molar-refractivity contribution in [3.8, 4) is 16.5 Å². The van der Waals surface area contributed by atoms with E-state index in [4.69, 9.17) is 4.74 Å². The molecule has 0 unspecified atom stereocenters. The number of ether oxygens (including phenoxy) is 1. The second-order valence-corrected chi connectivity index (χ2v) is 6.55. The topological polar surface area (TPSA) is 67.0 Å². The molecule has 4 rings (SSSR count). The number of carbonyl (C=O) groups excluding carboxylic acids is 1. The molecule has 4 aromatic rings. The van der Waals surface area contributed by atoms with Crippen LogP contribution in [0.4, 0.5) is 5.69 Å². The molecule has 6 heteroatoms. The van der Waals surface area contributed by atoms with Gasteiger partial charge in [0.2, 0.25) is 0 Å². The Kier molecular flexibility index (Phi) is 4.41. The molecule has 26 heavy (non-hydrogen) atoms. The summed E-state index contributed by atoms with van der Waals surface area (Å²) in [6.45, 7) is 2.44. The molecule has 2 N–H and O–H groups in total. The lowest BCUT2D eigenvalue weighted by molar-refractivity contribution is 0.102. The molecular weight excluding hydrogens is 346 g/mol. The monoisotopic (exact) mass is 363 g/mol. The number of rotatable bonds is 5. The molecule has 0 aliphatic carbocycles. The van der Waals surface area contributed by atoms with Gasteiger partial charge in [0.15, 0.2) is 0 Å². The summed E-state index contributed by atoms with van der Waals surface area (Å²) < 4.78 is 5.54. The highest BCUT2D eigenvalue weighted by Crippen LogP contribution is 2.28. The molecule has 5 nitrogen and oxygen atoms in total. The third-order valence-electron chi connectivity index (χ3n) is 3.93. The number of hydrogen-bond donors (Lipinski definition) is 2. The van der Waals surface area contributed by atoms with Gasteiger partial charge in [-0.3, -0.25) is 4.79 Å². The zero-order valence-corrected chi connectivity index (χ0v) is 15.0.